The van der Waals surface area contributed by atoms with Crippen molar-refractivity contribution in [1.29, 1.82) is 0 Å². The molecular weight excluding hydrogens is 170 g/mol. The summed E-state index contributed by atoms with van der Waals surface area (Å²) in [5, 5.41) is 0. The molecule has 1 heteroatoms. The van der Waals surface area contributed by atoms with E-state index in [9.17, 15) is 0 Å². The molecule has 1 aromatic rings. The van der Waals surface area contributed by atoms with Crippen LogP contribution in [0, 0.1) is 12.3 Å². The summed E-state index contributed by atoms with van der Waals surface area (Å²) in [5.41, 5.74) is 1.12. The average molecular weight is 190 g/mol. The molecule has 0 bridgehead atoms. The van der Waals surface area contributed by atoms with E-state index in [-0.39, 0.29) is 12.6 Å². The molecule has 14 heavy (non-hydrogen) atoms. The monoisotopic (exact) mass is 190 g/mol. The third-order valence-electron chi connectivity index (χ3n) is 2.17. The van der Waals surface area contributed by atoms with E-state index in [1.807, 2.05) is 37.3 Å². The van der Waals surface area contributed by atoms with E-state index >= 15 is 0 Å². The molecule has 0 fully saturated rings. The van der Waals surface area contributed by atoms with Gasteiger partial charge in [0.05, 0.1) is 6.54 Å². The summed E-state index contributed by atoms with van der Waals surface area (Å²) >= 11 is 0. The molecule has 0 aliphatic carbocycles. The van der Waals surface area contributed by atoms with Crippen LogP contribution in [0.1, 0.15) is 16.6 Å². The first-order valence-electron chi connectivity index (χ1n) is 6.19. The van der Waals surface area contributed by atoms with Crippen molar-refractivity contribution in [2.24, 2.45) is 0 Å². The summed E-state index contributed by atoms with van der Waals surface area (Å²) in [6.45, 7) is -0.109. The van der Waals surface area contributed by atoms with Gasteiger partial charge in [-0.1, -0.05) is 36.3 Å². The maximum absolute atomic E-state index is 7.45. The van der Waals surface area contributed by atoms with Crippen LogP contribution in [-0.4, -0.2) is 24.5 Å². The Morgan fingerprint density at radius 2 is 2.21 bits per heavy atom. The Labute approximate surface area is 91.0 Å². The van der Waals surface area contributed by atoms with E-state index in [1.165, 1.54) is 4.90 Å². The number of rotatable bonds is 4. The fraction of sp³-hybridized carbons (Fsp3) is 0.385. The summed E-state index contributed by atoms with van der Waals surface area (Å²) in [5.74, 6) is 2.41. The second kappa shape index (κ2) is 5.47. The molecule has 74 valence electrons. The molecule has 0 saturated heterocycles. The Hall–Kier alpha value is -1.26. The van der Waals surface area contributed by atoms with Gasteiger partial charge in [0.2, 0.25) is 0 Å². The summed E-state index contributed by atoms with van der Waals surface area (Å²) in [4.78, 5) is 1.38. The molecule has 1 nitrogen and oxygen atoms in total. The lowest BCUT2D eigenvalue weighted by Gasteiger charge is -2.22. The molecule has 1 rings (SSSR count). The van der Waals surface area contributed by atoms with E-state index in [2.05, 4.69) is 5.92 Å². The van der Waals surface area contributed by atoms with E-state index in [0.717, 1.165) is 5.56 Å². The largest absolute Gasteiger partial charge is 0.292 e. The highest BCUT2D eigenvalue weighted by Crippen LogP contribution is 2.06. The highest BCUT2D eigenvalue weighted by atomic mass is 15.1. The van der Waals surface area contributed by atoms with Gasteiger partial charge < -0.3 is 0 Å². The topological polar surface area (TPSA) is 3.24 Å². The quantitative estimate of drug-likeness (QED) is 0.658. The van der Waals surface area contributed by atoms with Crippen molar-refractivity contribution >= 4 is 0 Å². The summed E-state index contributed by atoms with van der Waals surface area (Å²) in [6, 6.07) is 9.71. The normalized spacial score (nSPS) is 16.5. The van der Waals surface area contributed by atoms with E-state index in [0.29, 0.717) is 6.42 Å². The van der Waals surface area contributed by atoms with Crippen LogP contribution in [-0.2, 0) is 6.42 Å². The fourth-order valence-electron chi connectivity index (χ4n) is 1.32. The molecule has 0 heterocycles. The molecule has 1 atom stereocenters. The third kappa shape index (κ3) is 3.24. The van der Waals surface area contributed by atoms with Gasteiger partial charge in [-0.25, -0.2) is 0 Å². The number of hydrogen-bond donors (Lipinski definition) is 0. The van der Waals surface area contributed by atoms with Gasteiger partial charge in [0.1, 0.15) is 0 Å². The van der Waals surface area contributed by atoms with Crippen LogP contribution in [0.15, 0.2) is 30.3 Å². The van der Waals surface area contributed by atoms with Gasteiger partial charge in [0, 0.05) is 10.2 Å². The van der Waals surface area contributed by atoms with Gasteiger partial charge in [-0.3, -0.25) is 4.90 Å². The van der Waals surface area contributed by atoms with Crippen molar-refractivity contribution in [3.05, 3.63) is 35.9 Å². The summed E-state index contributed by atoms with van der Waals surface area (Å²) in [7, 11) is 0. The molecule has 0 amide bonds. The Morgan fingerprint density at radius 3 is 2.79 bits per heavy atom. The van der Waals surface area contributed by atoms with E-state index in [4.69, 9.17) is 10.5 Å². The number of terminal acetylenes is 1. The SMILES string of the molecule is [2H]C([2H])([2H])N(CC#C)[C@H](C)Cc1ccccc1. The van der Waals surface area contributed by atoms with Crippen molar-refractivity contribution < 1.29 is 4.11 Å². The van der Waals surface area contributed by atoms with Crippen LogP contribution in [0.2, 0.25) is 0 Å². The standard InChI is InChI=1S/C13H17N/c1-4-10-14(3)12(2)11-13-8-6-5-7-9-13/h1,5-9,12H,10-11H2,2-3H3/t12-/m1/s1/i3D3. The van der Waals surface area contributed by atoms with Gasteiger partial charge >= 0.3 is 0 Å². The molecule has 0 saturated carbocycles. The van der Waals surface area contributed by atoms with Crippen molar-refractivity contribution in [2.75, 3.05) is 13.5 Å². The smallest absolute Gasteiger partial charge is 0.0598 e. The van der Waals surface area contributed by atoms with Crippen LogP contribution in [0.5, 0.6) is 0 Å². The Morgan fingerprint density at radius 1 is 1.50 bits per heavy atom. The molecule has 1 aromatic carbocycles. The van der Waals surface area contributed by atoms with Crippen molar-refractivity contribution in [2.45, 2.75) is 19.4 Å². The first-order valence-corrected chi connectivity index (χ1v) is 4.69. The predicted molar refractivity (Wildman–Crippen MR) is 61.1 cm³/mol. The van der Waals surface area contributed by atoms with Gasteiger partial charge in [0.15, 0.2) is 0 Å². The minimum Gasteiger partial charge on any atom is -0.292 e. The second-order valence-corrected chi connectivity index (χ2v) is 3.37. The first-order chi connectivity index (χ1) is 7.95. The zero-order valence-corrected chi connectivity index (χ0v) is 8.40. The molecular formula is C13H17N. The number of hydrogen-bond acceptors (Lipinski definition) is 1. The molecule has 0 aliphatic rings. The summed E-state index contributed by atoms with van der Waals surface area (Å²) in [6.07, 6.45) is 5.90. The summed E-state index contributed by atoms with van der Waals surface area (Å²) < 4.78 is 22.4. The fourth-order valence-corrected chi connectivity index (χ4v) is 1.32. The van der Waals surface area contributed by atoms with E-state index < -0.39 is 6.98 Å². The number of likely N-dealkylation sites (N-methyl/N-ethyl adjacent to an activating group) is 1. The van der Waals surface area contributed by atoms with Crippen LogP contribution >= 0.6 is 0 Å². The molecule has 0 N–H and O–H groups in total. The lowest BCUT2D eigenvalue weighted by atomic mass is 10.1. The van der Waals surface area contributed by atoms with Crippen LogP contribution in [0.25, 0.3) is 0 Å². The Kier molecular flexibility index (Phi) is 2.77. The lowest BCUT2D eigenvalue weighted by Crippen LogP contribution is -2.31. The molecule has 0 radical (unpaired) electrons. The first kappa shape index (κ1) is 7.09. The zero-order chi connectivity index (χ0) is 12.9. The van der Waals surface area contributed by atoms with Gasteiger partial charge in [-0.2, -0.15) is 0 Å². The predicted octanol–water partition coefficient (Wildman–Crippen LogP) is 2.18. The van der Waals surface area contributed by atoms with Crippen LogP contribution in [0.3, 0.4) is 0 Å². The van der Waals surface area contributed by atoms with E-state index in [1.54, 1.807) is 0 Å². The molecule has 0 unspecified atom stereocenters. The Bertz CT molecular complexity index is 378. The molecule has 0 spiro atoms. The zero-order valence-electron chi connectivity index (χ0n) is 11.4. The minimum absolute atomic E-state index is 0.110. The Balaban J connectivity index is 2.73. The highest BCUT2D eigenvalue weighted by Gasteiger charge is 2.07. The lowest BCUT2D eigenvalue weighted by molar-refractivity contribution is 0.287. The van der Waals surface area contributed by atoms with Crippen molar-refractivity contribution in [3.8, 4) is 12.3 Å². The number of nitrogens with zero attached hydrogens (tertiary/aromatic N) is 1. The van der Waals surface area contributed by atoms with Gasteiger partial charge in [0.25, 0.3) is 0 Å². The number of benzene rings is 1. The van der Waals surface area contributed by atoms with Crippen LogP contribution < -0.4 is 0 Å². The maximum atomic E-state index is 7.45. The molecule has 0 aliphatic heterocycles. The highest BCUT2D eigenvalue weighted by molar-refractivity contribution is 5.15. The average Bonchev–Trinajstić information content (AvgIpc) is 2.25. The van der Waals surface area contributed by atoms with Gasteiger partial charge in [-0.05, 0) is 25.9 Å². The molecule has 0 aromatic heterocycles. The second-order valence-electron chi connectivity index (χ2n) is 3.37. The minimum atomic E-state index is -2.14. The van der Waals surface area contributed by atoms with Gasteiger partial charge in [-0.15, -0.1) is 6.42 Å². The third-order valence-corrected chi connectivity index (χ3v) is 2.17. The van der Waals surface area contributed by atoms with Crippen molar-refractivity contribution in [3.63, 3.8) is 0 Å². The maximum Gasteiger partial charge on any atom is 0.0598 e. The van der Waals surface area contributed by atoms with Crippen molar-refractivity contribution in [1.82, 2.24) is 4.90 Å². The van der Waals surface area contributed by atoms with Crippen LogP contribution in [0.4, 0.5) is 0 Å².